The number of para-hydroxylation sites is 2. The van der Waals surface area contributed by atoms with E-state index in [4.69, 9.17) is 5.73 Å². The smallest absolute Gasteiger partial charge is 0.284 e. The molecule has 1 aliphatic rings. The van der Waals surface area contributed by atoms with Crippen molar-refractivity contribution in [2.75, 3.05) is 23.9 Å². The minimum atomic E-state index is -3.24. The quantitative estimate of drug-likeness (QED) is 0.810. The van der Waals surface area contributed by atoms with Crippen molar-refractivity contribution in [2.45, 2.75) is 13.0 Å². The standard InChI is InChI=1S/C14H16N4O3S2/c1-23(20,21)18-7-6-11-12(8-18)22-14(17-11)13(19)16-10-5-3-2-4-9(10)15/h2-5H,6-8,15H2,1H3,(H,16,19). The molecule has 2 heterocycles. The molecule has 0 bridgehead atoms. The molecule has 0 fully saturated rings. The number of aromatic nitrogens is 1. The number of benzene rings is 1. The van der Waals surface area contributed by atoms with E-state index in [1.807, 2.05) is 0 Å². The van der Waals surface area contributed by atoms with Crippen LogP contribution in [-0.4, -0.2) is 36.4 Å². The molecule has 3 rings (SSSR count). The molecule has 0 spiro atoms. The van der Waals surface area contributed by atoms with Gasteiger partial charge in [0.1, 0.15) is 0 Å². The zero-order valence-corrected chi connectivity index (χ0v) is 14.1. The Balaban J connectivity index is 1.80. The van der Waals surface area contributed by atoms with Crippen LogP contribution in [0.15, 0.2) is 24.3 Å². The van der Waals surface area contributed by atoms with Gasteiger partial charge in [0.2, 0.25) is 10.0 Å². The van der Waals surface area contributed by atoms with E-state index < -0.39 is 10.0 Å². The molecule has 7 nitrogen and oxygen atoms in total. The molecule has 1 aliphatic heterocycles. The third kappa shape index (κ3) is 3.36. The third-order valence-electron chi connectivity index (χ3n) is 3.57. The first kappa shape index (κ1) is 15.9. The molecule has 23 heavy (non-hydrogen) atoms. The SMILES string of the molecule is CS(=O)(=O)N1CCc2nc(C(=O)Nc3ccccc3N)sc2C1. The monoisotopic (exact) mass is 352 g/mol. The highest BCUT2D eigenvalue weighted by Gasteiger charge is 2.27. The number of hydrogen-bond donors (Lipinski definition) is 2. The molecule has 1 aromatic heterocycles. The van der Waals surface area contributed by atoms with Crippen LogP contribution < -0.4 is 11.1 Å². The number of hydrogen-bond acceptors (Lipinski definition) is 6. The van der Waals surface area contributed by atoms with Crippen LogP contribution in [-0.2, 0) is 23.0 Å². The van der Waals surface area contributed by atoms with Gasteiger partial charge >= 0.3 is 0 Å². The largest absolute Gasteiger partial charge is 0.397 e. The van der Waals surface area contributed by atoms with Crippen LogP contribution in [0.5, 0.6) is 0 Å². The fourth-order valence-electron chi connectivity index (χ4n) is 2.34. The lowest BCUT2D eigenvalue weighted by atomic mass is 10.2. The van der Waals surface area contributed by atoms with Crippen molar-refractivity contribution in [3.05, 3.63) is 39.8 Å². The summed E-state index contributed by atoms with van der Waals surface area (Å²) in [6, 6.07) is 6.98. The van der Waals surface area contributed by atoms with Gasteiger partial charge < -0.3 is 11.1 Å². The number of thiazole rings is 1. The molecule has 2 aromatic rings. The first-order chi connectivity index (χ1) is 10.8. The Morgan fingerprint density at radius 2 is 2.13 bits per heavy atom. The zero-order chi connectivity index (χ0) is 16.6. The number of nitrogen functional groups attached to an aromatic ring is 1. The molecule has 0 radical (unpaired) electrons. The Bertz CT molecular complexity index is 861. The van der Waals surface area contributed by atoms with E-state index in [1.54, 1.807) is 24.3 Å². The molecular weight excluding hydrogens is 336 g/mol. The number of nitrogens with one attached hydrogen (secondary N) is 1. The minimum Gasteiger partial charge on any atom is -0.397 e. The number of sulfonamides is 1. The fraction of sp³-hybridized carbons (Fsp3) is 0.286. The second-order valence-electron chi connectivity index (χ2n) is 5.28. The summed E-state index contributed by atoms with van der Waals surface area (Å²) < 4.78 is 24.7. The summed E-state index contributed by atoms with van der Waals surface area (Å²) >= 11 is 1.22. The van der Waals surface area contributed by atoms with E-state index in [1.165, 1.54) is 21.9 Å². The van der Waals surface area contributed by atoms with Crippen molar-refractivity contribution < 1.29 is 13.2 Å². The lowest BCUT2D eigenvalue weighted by Crippen LogP contribution is -2.34. The maximum Gasteiger partial charge on any atom is 0.284 e. The van der Waals surface area contributed by atoms with Crippen LogP contribution in [0, 0.1) is 0 Å². The molecule has 3 N–H and O–H groups in total. The highest BCUT2D eigenvalue weighted by atomic mass is 32.2. The van der Waals surface area contributed by atoms with Crippen molar-refractivity contribution >= 4 is 38.6 Å². The van der Waals surface area contributed by atoms with Gasteiger partial charge in [-0.15, -0.1) is 11.3 Å². The second-order valence-corrected chi connectivity index (χ2v) is 8.34. The third-order valence-corrected chi connectivity index (χ3v) is 5.90. The number of anilines is 2. The van der Waals surface area contributed by atoms with E-state index in [2.05, 4.69) is 10.3 Å². The van der Waals surface area contributed by atoms with E-state index in [0.29, 0.717) is 29.3 Å². The normalized spacial score (nSPS) is 15.2. The van der Waals surface area contributed by atoms with Crippen molar-refractivity contribution in [3.8, 4) is 0 Å². The topological polar surface area (TPSA) is 105 Å². The zero-order valence-electron chi connectivity index (χ0n) is 12.4. The summed E-state index contributed by atoms with van der Waals surface area (Å²) in [6.45, 7) is 0.662. The number of amides is 1. The minimum absolute atomic E-state index is 0.270. The fourth-order valence-corrected chi connectivity index (χ4v) is 4.23. The molecule has 1 amide bonds. The van der Waals surface area contributed by atoms with Crippen LogP contribution in [0.4, 0.5) is 11.4 Å². The van der Waals surface area contributed by atoms with E-state index in [-0.39, 0.29) is 12.5 Å². The van der Waals surface area contributed by atoms with Crippen molar-refractivity contribution in [2.24, 2.45) is 0 Å². The molecule has 1 aromatic carbocycles. The van der Waals surface area contributed by atoms with E-state index >= 15 is 0 Å². The Labute approximate surface area is 138 Å². The molecule has 0 saturated heterocycles. The number of fused-ring (bicyclic) bond motifs is 1. The predicted molar refractivity (Wildman–Crippen MR) is 89.9 cm³/mol. The summed E-state index contributed by atoms with van der Waals surface area (Å²) in [4.78, 5) is 17.5. The van der Waals surface area contributed by atoms with Gasteiger partial charge in [-0.25, -0.2) is 13.4 Å². The molecule has 0 saturated carbocycles. The Morgan fingerprint density at radius 1 is 1.39 bits per heavy atom. The van der Waals surface area contributed by atoms with E-state index in [0.717, 1.165) is 10.6 Å². The summed E-state index contributed by atoms with van der Waals surface area (Å²) in [5.74, 6) is -0.340. The molecule has 122 valence electrons. The maximum absolute atomic E-state index is 12.3. The van der Waals surface area contributed by atoms with Gasteiger partial charge in [0, 0.05) is 24.4 Å². The summed E-state index contributed by atoms with van der Waals surface area (Å²) in [6.07, 6.45) is 1.70. The highest BCUT2D eigenvalue weighted by molar-refractivity contribution is 7.88. The van der Waals surface area contributed by atoms with Crippen molar-refractivity contribution in [1.82, 2.24) is 9.29 Å². The average molecular weight is 352 g/mol. The number of carbonyl (C=O) groups is 1. The van der Waals surface area contributed by atoms with Crippen LogP contribution in [0.2, 0.25) is 0 Å². The summed E-state index contributed by atoms with van der Waals surface area (Å²) in [5.41, 5.74) is 7.61. The second kappa shape index (κ2) is 5.91. The lowest BCUT2D eigenvalue weighted by molar-refractivity contribution is 0.102. The first-order valence-electron chi connectivity index (χ1n) is 6.94. The number of carbonyl (C=O) groups excluding carboxylic acids is 1. The Hall–Kier alpha value is -1.97. The number of nitrogens with zero attached hydrogens (tertiary/aromatic N) is 2. The van der Waals surface area contributed by atoms with Gasteiger partial charge in [-0.3, -0.25) is 4.79 Å². The predicted octanol–water partition coefficient (Wildman–Crippen LogP) is 1.30. The lowest BCUT2D eigenvalue weighted by Gasteiger charge is -2.23. The average Bonchev–Trinajstić information content (AvgIpc) is 2.92. The van der Waals surface area contributed by atoms with Crippen molar-refractivity contribution in [1.29, 1.82) is 0 Å². The van der Waals surface area contributed by atoms with Gasteiger partial charge in [-0.1, -0.05) is 12.1 Å². The highest BCUT2D eigenvalue weighted by Crippen LogP contribution is 2.27. The van der Waals surface area contributed by atoms with Crippen LogP contribution in [0.25, 0.3) is 0 Å². The van der Waals surface area contributed by atoms with Crippen LogP contribution >= 0.6 is 11.3 Å². The molecule has 0 atom stereocenters. The van der Waals surface area contributed by atoms with Gasteiger partial charge in [0.25, 0.3) is 5.91 Å². The molecule has 9 heteroatoms. The number of rotatable bonds is 3. The summed E-state index contributed by atoms with van der Waals surface area (Å²) in [7, 11) is -3.24. The molecule has 0 unspecified atom stereocenters. The van der Waals surface area contributed by atoms with Crippen LogP contribution in [0.1, 0.15) is 20.4 Å². The number of nitrogens with two attached hydrogens (primary N) is 1. The van der Waals surface area contributed by atoms with Gasteiger partial charge in [0.05, 0.1) is 23.3 Å². The van der Waals surface area contributed by atoms with Gasteiger partial charge in [-0.2, -0.15) is 4.31 Å². The Kier molecular flexibility index (Phi) is 4.09. The molecule has 0 aliphatic carbocycles. The van der Waals surface area contributed by atoms with Gasteiger partial charge in [-0.05, 0) is 12.1 Å². The Morgan fingerprint density at radius 3 is 2.83 bits per heavy atom. The van der Waals surface area contributed by atoms with E-state index in [9.17, 15) is 13.2 Å². The maximum atomic E-state index is 12.3. The first-order valence-corrected chi connectivity index (χ1v) is 9.60. The van der Waals surface area contributed by atoms with Crippen molar-refractivity contribution in [3.63, 3.8) is 0 Å². The summed E-state index contributed by atoms with van der Waals surface area (Å²) in [5, 5.41) is 3.04. The van der Waals surface area contributed by atoms with Crippen LogP contribution in [0.3, 0.4) is 0 Å². The van der Waals surface area contributed by atoms with Gasteiger partial charge in [0.15, 0.2) is 5.01 Å². The molecular formula is C14H16N4O3S2.